The Morgan fingerprint density at radius 2 is 2.24 bits per heavy atom. The quantitative estimate of drug-likeness (QED) is 0.839. The van der Waals surface area contributed by atoms with Gasteiger partial charge in [0.2, 0.25) is 0 Å². The highest BCUT2D eigenvalue weighted by Crippen LogP contribution is 2.31. The van der Waals surface area contributed by atoms with Crippen molar-refractivity contribution in [2.45, 2.75) is 50.8 Å². The Balaban J connectivity index is 1.84. The van der Waals surface area contributed by atoms with Gasteiger partial charge in [0.1, 0.15) is 0 Å². The average Bonchev–Trinajstić information content (AvgIpc) is 2.88. The molecule has 1 unspecified atom stereocenters. The van der Waals surface area contributed by atoms with Crippen molar-refractivity contribution in [1.82, 2.24) is 4.90 Å². The lowest BCUT2D eigenvalue weighted by Crippen LogP contribution is -2.43. The van der Waals surface area contributed by atoms with Crippen LogP contribution in [0.2, 0.25) is 0 Å². The minimum absolute atomic E-state index is 0.0957. The van der Waals surface area contributed by atoms with Crippen molar-refractivity contribution in [2.75, 3.05) is 12.3 Å². The summed E-state index contributed by atoms with van der Waals surface area (Å²) < 4.78 is 23.4. The van der Waals surface area contributed by atoms with E-state index in [9.17, 15) is 13.2 Å². The first-order chi connectivity index (χ1) is 10.00. The maximum atomic E-state index is 12.7. The van der Waals surface area contributed by atoms with Crippen LogP contribution in [0, 0.1) is 0 Å². The number of thiophene rings is 1. The summed E-state index contributed by atoms with van der Waals surface area (Å²) in [6.45, 7) is 2.96. The van der Waals surface area contributed by atoms with Crippen LogP contribution in [0.15, 0.2) is 6.07 Å². The topological polar surface area (TPSA) is 54.5 Å². The van der Waals surface area contributed by atoms with Crippen LogP contribution in [0.5, 0.6) is 0 Å². The monoisotopic (exact) mass is 327 g/mol. The molecule has 0 saturated carbocycles. The molecule has 116 valence electrons. The third kappa shape index (κ3) is 3.01. The number of amides is 1. The van der Waals surface area contributed by atoms with E-state index in [1.165, 1.54) is 17.8 Å². The molecule has 1 atom stereocenters. The van der Waals surface area contributed by atoms with Crippen LogP contribution in [0.1, 0.15) is 52.7 Å². The van der Waals surface area contributed by atoms with E-state index in [2.05, 4.69) is 6.92 Å². The zero-order chi connectivity index (χ0) is 15.0. The molecule has 3 rings (SSSR count). The van der Waals surface area contributed by atoms with Crippen LogP contribution in [-0.2, 0) is 22.0 Å². The van der Waals surface area contributed by atoms with Gasteiger partial charge in [-0.25, -0.2) is 8.42 Å². The molecule has 2 aliphatic rings. The lowest BCUT2D eigenvalue weighted by atomic mass is 10.00. The van der Waals surface area contributed by atoms with Crippen molar-refractivity contribution in [2.24, 2.45) is 0 Å². The number of nitrogens with zero attached hydrogens (tertiary/aromatic N) is 1. The molecule has 2 aliphatic heterocycles. The number of fused-ring (bicyclic) bond motifs is 1. The maximum Gasteiger partial charge on any atom is 0.264 e. The minimum atomic E-state index is -2.97. The van der Waals surface area contributed by atoms with Gasteiger partial charge >= 0.3 is 0 Å². The highest BCUT2D eigenvalue weighted by atomic mass is 32.2. The van der Waals surface area contributed by atoms with Gasteiger partial charge in [0.25, 0.3) is 5.91 Å². The van der Waals surface area contributed by atoms with Crippen molar-refractivity contribution < 1.29 is 13.2 Å². The van der Waals surface area contributed by atoms with Crippen LogP contribution < -0.4 is 0 Å². The molecule has 3 heterocycles. The molecule has 0 spiro atoms. The second-order valence-electron chi connectivity index (χ2n) is 5.96. The van der Waals surface area contributed by atoms with Crippen LogP contribution in [0.4, 0.5) is 0 Å². The fourth-order valence-electron chi connectivity index (χ4n) is 3.30. The molecule has 0 radical (unpaired) electrons. The fraction of sp³-hybridized carbons (Fsp3) is 0.667. The van der Waals surface area contributed by atoms with Crippen molar-refractivity contribution in [3.63, 3.8) is 0 Å². The normalized spacial score (nSPS) is 24.6. The number of piperidine rings is 1. The van der Waals surface area contributed by atoms with Crippen LogP contribution >= 0.6 is 11.3 Å². The summed E-state index contributed by atoms with van der Waals surface area (Å²) in [7, 11) is -2.97. The van der Waals surface area contributed by atoms with E-state index < -0.39 is 9.84 Å². The summed E-state index contributed by atoms with van der Waals surface area (Å²) in [5, 5.41) is 0. The van der Waals surface area contributed by atoms with Crippen LogP contribution in [0.3, 0.4) is 0 Å². The van der Waals surface area contributed by atoms with E-state index in [1.54, 1.807) is 0 Å². The third-order valence-electron chi connectivity index (χ3n) is 4.48. The fourth-order valence-corrected chi connectivity index (χ4v) is 6.05. The van der Waals surface area contributed by atoms with Gasteiger partial charge in [-0.05, 0) is 43.7 Å². The second-order valence-corrected chi connectivity index (χ2v) is 9.28. The number of hydrogen-bond donors (Lipinski definition) is 0. The predicted molar refractivity (Wildman–Crippen MR) is 84.5 cm³/mol. The van der Waals surface area contributed by atoms with E-state index in [0.29, 0.717) is 12.5 Å². The van der Waals surface area contributed by atoms with Gasteiger partial charge < -0.3 is 4.90 Å². The molecule has 1 amide bonds. The standard InChI is InChI=1S/C15H21NO3S2/c1-2-12-5-3-4-7-16(12)15(17)14-9-11-10-21(18,19)8-6-13(11)20-14/h9,12H,2-8,10H2,1H3. The number of carbonyl (C=O) groups is 1. The molecule has 1 saturated heterocycles. The van der Waals surface area contributed by atoms with E-state index in [4.69, 9.17) is 0 Å². The van der Waals surface area contributed by atoms with E-state index in [0.717, 1.165) is 41.1 Å². The Morgan fingerprint density at radius 1 is 1.43 bits per heavy atom. The Kier molecular flexibility index (Phi) is 4.10. The molecular weight excluding hydrogens is 306 g/mol. The largest absolute Gasteiger partial charge is 0.335 e. The van der Waals surface area contributed by atoms with Gasteiger partial charge in [0, 0.05) is 17.5 Å². The lowest BCUT2D eigenvalue weighted by molar-refractivity contribution is 0.0613. The van der Waals surface area contributed by atoms with Gasteiger partial charge in [0.05, 0.1) is 16.4 Å². The SMILES string of the molecule is CCC1CCCCN1C(=O)c1cc2c(s1)CCS(=O)(=O)C2. The number of likely N-dealkylation sites (tertiary alicyclic amines) is 1. The predicted octanol–water partition coefficient (Wildman–Crippen LogP) is 2.62. The number of aryl methyl sites for hydroxylation is 1. The molecule has 0 bridgehead atoms. The van der Waals surface area contributed by atoms with E-state index in [-0.39, 0.29) is 17.4 Å². The summed E-state index contributed by atoms with van der Waals surface area (Å²) in [5.74, 6) is 0.414. The first kappa shape index (κ1) is 15.0. The van der Waals surface area contributed by atoms with Crippen molar-refractivity contribution in [1.29, 1.82) is 0 Å². The summed E-state index contributed by atoms with van der Waals surface area (Å²) in [6, 6.07) is 2.16. The highest BCUT2D eigenvalue weighted by Gasteiger charge is 2.30. The van der Waals surface area contributed by atoms with E-state index in [1.807, 2.05) is 11.0 Å². The smallest absolute Gasteiger partial charge is 0.264 e. The number of rotatable bonds is 2. The van der Waals surface area contributed by atoms with Gasteiger partial charge in [-0.3, -0.25) is 4.79 Å². The molecule has 0 aliphatic carbocycles. The highest BCUT2D eigenvalue weighted by molar-refractivity contribution is 7.90. The molecule has 1 fully saturated rings. The van der Waals surface area contributed by atoms with Crippen LogP contribution in [0.25, 0.3) is 0 Å². The Morgan fingerprint density at radius 3 is 3.00 bits per heavy atom. The van der Waals surface area contributed by atoms with Gasteiger partial charge in [-0.1, -0.05) is 6.92 Å². The summed E-state index contributed by atoms with van der Waals surface area (Å²) in [4.78, 5) is 16.5. The molecule has 1 aromatic rings. The van der Waals surface area contributed by atoms with Crippen LogP contribution in [-0.4, -0.2) is 37.6 Å². The Hall–Kier alpha value is -0.880. The van der Waals surface area contributed by atoms with Crippen molar-refractivity contribution in [3.8, 4) is 0 Å². The number of carbonyl (C=O) groups excluding carboxylic acids is 1. The van der Waals surface area contributed by atoms with E-state index >= 15 is 0 Å². The lowest BCUT2D eigenvalue weighted by Gasteiger charge is -2.35. The molecule has 6 heteroatoms. The molecular formula is C15H21NO3S2. The maximum absolute atomic E-state index is 12.7. The molecule has 21 heavy (non-hydrogen) atoms. The summed E-state index contributed by atoms with van der Waals surface area (Å²) in [5.41, 5.74) is 0.847. The van der Waals surface area contributed by atoms with Gasteiger partial charge in [-0.15, -0.1) is 11.3 Å². The second kappa shape index (κ2) is 5.72. The zero-order valence-corrected chi connectivity index (χ0v) is 13.9. The van der Waals surface area contributed by atoms with Crippen molar-refractivity contribution >= 4 is 27.1 Å². The minimum Gasteiger partial charge on any atom is -0.335 e. The summed E-state index contributed by atoms with van der Waals surface area (Å²) in [6.07, 6.45) is 4.91. The molecule has 0 aromatic carbocycles. The van der Waals surface area contributed by atoms with Gasteiger partial charge in [0.15, 0.2) is 9.84 Å². The third-order valence-corrected chi connectivity index (χ3v) is 7.28. The summed E-state index contributed by atoms with van der Waals surface area (Å²) >= 11 is 1.49. The Labute approximate surface area is 130 Å². The van der Waals surface area contributed by atoms with Crippen molar-refractivity contribution in [3.05, 3.63) is 21.4 Å². The average molecular weight is 327 g/mol. The van der Waals surface area contributed by atoms with Gasteiger partial charge in [-0.2, -0.15) is 0 Å². The Bertz CT molecular complexity index is 648. The zero-order valence-electron chi connectivity index (χ0n) is 12.3. The number of hydrogen-bond acceptors (Lipinski definition) is 4. The first-order valence-electron chi connectivity index (χ1n) is 7.63. The number of sulfone groups is 1. The molecule has 4 nitrogen and oxygen atoms in total. The molecule has 0 N–H and O–H groups in total. The first-order valence-corrected chi connectivity index (χ1v) is 10.3. The molecule has 1 aromatic heterocycles.